The van der Waals surface area contributed by atoms with Gasteiger partial charge in [0.15, 0.2) is 0 Å². The minimum absolute atomic E-state index is 0.417. The van der Waals surface area contributed by atoms with E-state index in [1.807, 2.05) is 12.1 Å². The van der Waals surface area contributed by atoms with Crippen LogP contribution in [0.4, 0.5) is 5.69 Å². The summed E-state index contributed by atoms with van der Waals surface area (Å²) in [5.41, 5.74) is 10.9. The van der Waals surface area contributed by atoms with Crippen molar-refractivity contribution < 1.29 is 0 Å². The Bertz CT molecular complexity index is 618. The first-order chi connectivity index (χ1) is 11.7. The molecule has 0 bridgehead atoms. The van der Waals surface area contributed by atoms with Gasteiger partial charge in [0.25, 0.3) is 0 Å². The van der Waals surface area contributed by atoms with Crippen LogP contribution in [0.2, 0.25) is 0 Å². The van der Waals surface area contributed by atoms with Crippen LogP contribution in [0.5, 0.6) is 0 Å². The van der Waals surface area contributed by atoms with Gasteiger partial charge < -0.3 is 5.73 Å². The fourth-order valence-corrected chi connectivity index (χ4v) is 4.23. The van der Waals surface area contributed by atoms with Crippen LogP contribution in [0.15, 0.2) is 48.5 Å². The molecule has 1 unspecified atom stereocenters. The van der Waals surface area contributed by atoms with Crippen LogP contribution in [0.25, 0.3) is 0 Å². The minimum Gasteiger partial charge on any atom is -0.399 e. The van der Waals surface area contributed by atoms with Crippen molar-refractivity contribution in [1.29, 1.82) is 0 Å². The molecule has 0 radical (unpaired) electrons. The Morgan fingerprint density at radius 2 is 1.42 bits per heavy atom. The highest BCUT2D eigenvalue weighted by Crippen LogP contribution is 2.38. The van der Waals surface area contributed by atoms with E-state index in [0.717, 1.165) is 17.5 Å². The molecule has 1 heteroatoms. The van der Waals surface area contributed by atoms with Crippen molar-refractivity contribution in [2.24, 2.45) is 5.92 Å². The Balaban J connectivity index is 1.64. The van der Waals surface area contributed by atoms with Crippen molar-refractivity contribution in [3.05, 3.63) is 65.2 Å². The lowest BCUT2D eigenvalue weighted by atomic mass is 9.77. The molecule has 2 aromatic carbocycles. The molecule has 3 rings (SSSR count). The number of anilines is 1. The van der Waals surface area contributed by atoms with Gasteiger partial charge in [0.1, 0.15) is 0 Å². The van der Waals surface area contributed by atoms with Crippen LogP contribution in [0.3, 0.4) is 0 Å². The van der Waals surface area contributed by atoms with E-state index in [9.17, 15) is 0 Å². The third-order valence-electron chi connectivity index (χ3n) is 5.89. The van der Waals surface area contributed by atoms with E-state index >= 15 is 0 Å². The first-order valence-electron chi connectivity index (χ1n) is 9.62. The van der Waals surface area contributed by atoms with Crippen molar-refractivity contribution in [2.45, 2.75) is 64.2 Å². The molecule has 1 aliphatic rings. The van der Waals surface area contributed by atoms with Crippen LogP contribution >= 0.6 is 0 Å². The number of benzene rings is 2. The second-order valence-electron chi connectivity index (χ2n) is 7.56. The van der Waals surface area contributed by atoms with E-state index in [1.165, 1.54) is 49.7 Å². The Morgan fingerprint density at radius 3 is 1.96 bits per heavy atom. The third kappa shape index (κ3) is 4.01. The summed E-state index contributed by atoms with van der Waals surface area (Å²) < 4.78 is 0. The van der Waals surface area contributed by atoms with Crippen molar-refractivity contribution >= 4 is 5.69 Å². The molecule has 128 valence electrons. The summed E-state index contributed by atoms with van der Waals surface area (Å²) in [5, 5.41) is 0. The van der Waals surface area contributed by atoms with E-state index < -0.39 is 0 Å². The van der Waals surface area contributed by atoms with Crippen LogP contribution in [0, 0.1) is 5.92 Å². The summed E-state index contributed by atoms with van der Waals surface area (Å²) in [7, 11) is 0. The second kappa shape index (κ2) is 7.88. The normalized spacial score (nSPS) is 22.2. The van der Waals surface area contributed by atoms with Gasteiger partial charge in [0, 0.05) is 11.6 Å². The maximum absolute atomic E-state index is 5.80. The lowest BCUT2D eigenvalue weighted by molar-refractivity contribution is 0.308. The topological polar surface area (TPSA) is 26.0 Å². The summed E-state index contributed by atoms with van der Waals surface area (Å²) in [6, 6.07) is 17.7. The SMILES string of the molecule is CCCC1CCC(c2ccc(C(C)c3ccc(N)cc3)cc2)CC1. The molecule has 1 nitrogen and oxygen atoms in total. The first-order valence-corrected chi connectivity index (χ1v) is 9.62. The van der Waals surface area contributed by atoms with Gasteiger partial charge in [-0.1, -0.05) is 63.1 Å². The second-order valence-corrected chi connectivity index (χ2v) is 7.56. The van der Waals surface area contributed by atoms with Gasteiger partial charge in [0.05, 0.1) is 0 Å². The maximum atomic E-state index is 5.80. The lowest BCUT2D eigenvalue weighted by Gasteiger charge is -2.28. The van der Waals surface area contributed by atoms with Gasteiger partial charge in [0.2, 0.25) is 0 Å². The molecule has 1 atom stereocenters. The molecule has 1 saturated carbocycles. The number of nitrogens with two attached hydrogens (primary N) is 1. The molecule has 1 fully saturated rings. The van der Waals surface area contributed by atoms with Crippen molar-refractivity contribution in [1.82, 2.24) is 0 Å². The highest BCUT2D eigenvalue weighted by molar-refractivity contribution is 5.42. The summed E-state index contributed by atoms with van der Waals surface area (Å²) in [5.74, 6) is 2.18. The van der Waals surface area contributed by atoms with E-state index in [0.29, 0.717) is 5.92 Å². The molecule has 0 aliphatic heterocycles. The Morgan fingerprint density at radius 1 is 0.875 bits per heavy atom. The van der Waals surface area contributed by atoms with Crippen LogP contribution < -0.4 is 5.73 Å². The maximum Gasteiger partial charge on any atom is 0.0314 e. The average Bonchev–Trinajstić information content (AvgIpc) is 2.63. The molecule has 2 aromatic rings. The fourth-order valence-electron chi connectivity index (χ4n) is 4.23. The van der Waals surface area contributed by atoms with E-state index in [4.69, 9.17) is 5.73 Å². The van der Waals surface area contributed by atoms with Gasteiger partial charge in [-0.3, -0.25) is 0 Å². The predicted octanol–water partition coefficient (Wildman–Crippen LogP) is 6.49. The van der Waals surface area contributed by atoms with Gasteiger partial charge in [-0.15, -0.1) is 0 Å². The predicted molar refractivity (Wildman–Crippen MR) is 104 cm³/mol. The average molecular weight is 322 g/mol. The van der Waals surface area contributed by atoms with E-state index in [1.54, 1.807) is 5.56 Å². The Kier molecular flexibility index (Phi) is 5.60. The van der Waals surface area contributed by atoms with Gasteiger partial charge in [-0.2, -0.15) is 0 Å². The zero-order valence-corrected chi connectivity index (χ0v) is 15.2. The Labute approximate surface area is 147 Å². The summed E-state index contributed by atoms with van der Waals surface area (Å²) >= 11 is 0. The standard InChI is InChI=1S/C23H31N/c1-3-4-18-5-7-21(8-6-18)22-11-9-19(10-12-22)17(2)20-13-15-23(24)16-14-20/h9-18,21H,3-8,24H2,1-2H3. The van der Waals surface area contributed by atoms with Gasteiger partial charge in [-0.05, 0) is 66.3 Å². The molecule has 0 heterocycles. The number of hydrogen-bond acceptors (Lipinski definition) is 1. The largest absolute Gasteiger partial charge is 0.399 e. The highest BCUT2D eigenvalue weighted by Gasteiger charge is 2.21. The molecule has 2 N–H and O–H groups in total. The third-order valence-corrected chi connectivity index (χ3v) is 5.89. The molecule has 0 aromatic heterocycles. The molecule has 1 aliphatic carbocycles. The van der Waals surface area contributed by atoms with Gasteiger partial charge in [-0.25, -0.2) is 0 Å². The lowest BCUT2D eigenvalue weighted by Crippen LogP contribution is -2.13. The zero-order chi connectivity index (χ0) is 16.9. The molecular weight excluding hydrogens is 290 g/mol. The summed E-state index contributed by atoms with van der Waals surface area (Å²) in [6.07, 6.45) is 8.34. The minimum atomic E-state index is 0.417. The number of nitrogen functional groups attached to an aromatic ring is 1. The molecular formula is C23H31N. The fraction of sp³-hybridized carbons (Fsp3) is 0.478. The quantitative estimate of drug-likeness (QED) is 0.625. The van der Waals surface area contributed by atoms with Crippen molar-refractivity contribution in [3.8, 4) is 0 Å². The van der Waals surface area contributed by atoms with Crippen molar-refractivity contribution in [2.75, 3.05) is 5.73 Å². The zero-order valence-electron chi connectivity index (χ0n) is 15.2. The summed E-state index contributed by atoms with van der Waals surface area (Å²) in [6.45, 7) is 4.59. The monoisotopic (exact) mass is 321 g/mol. The molecule has 0 spiro atoms. The first kappa shape index (κ1) is 17.1. The Hall–Kier alpha value is -1.76. The van der Waals surface area contributed by atoms with Crippen molar-refractivity contribution in [3.63, 3.8) is 0 Å². The molecule has 24 heavy (non-hydrogen) atoms. The molecule has 0 amide bonds. The van der Waals surface area contributed by atoms with Crippen LogP contribution in [-0.2, 0) is 0 Å². The van der Waals surface area contributed by atoms with Crippen LogP contribution in [-0.4, -0.2) is 0 Å². The summed E-state index contributed by atoms with van der Waals surface area (Å²) in [4.78, 5) is 0. The number of rotatable bonds is 5. The van der Waals surface area contributed by atoms with E-state index in [2.05, 4.69) is 50.2 Å². The molecule has 0 saturated heterocycles. The smallest absolute Gasteiger partial charge is 0.0314 e. The van der Waals surface area contributed by atoms with Gasteiger partial charge >= 0.3 is 0 Å². The van der Waals surface area contributed by atoms with Crippen LogP contribution in [0.1, 0.15) is 80.9 Å². The highest BCUT2D eigenvalue weighted by atomic mass is 14.5. The number of hydrogen-bond donors (Lipinski definition) is 1. The van der Waals surface area contributed by atoms with E-state index in [-0.39, 0.29) is 0 Å².